The highest BCUT2D eigenvalue weighted by molar-refractivity contribution is 7.98. The lowest BCUT2D eigenvalue weighted by Gasteiger charge is -2.28. The molecule has 0 aromatic rings. The second-order valence-electron chi connectivity index (χ2n) is 5.23. The fourth-order valence-corrected chi connectivity index (χ4v) is 1.80. The van der Waals surface area contributed by atoms with E-state index in [2.05, 4.69) is 49.6 Å². The van der Waals surface area contributed by atoms with E-state index in [9.17, 15) is 0 Å². The quantitative estimate of drug-likeness (QED) is 0.424. The topological polar surface area (TPSA) is 45.7 Å². The average Bonchev–Trinajstić information content (AvgIpc) is 2.28. The average molecular weight is 275 g/mol. The molecule has 0 rings (SSSR count). The molecule has 0 heterocycles. The van der Waals surface area contributed by atoms with Gasteiger partial charge in [0.15, 0.2) is 5.96 Å². The molecule has 18 heavy (non-hydrogen) atoms. The van der Waals surface area contributed by atoms with Gasteiger partial charge in [-0.25, -0.2) is 0 Å². The smallest absolute Gasteiger partial charge is 0.191 e. The summed E-state index contributed by atoms with van der Waals surface area (Å²) in [6.07, 6.45) is 2.24. The highest BCUT2D eigenvalue weighted by atomic mass is 32.2. The second kappa shape index (κ2) is 9.50. The van der Waals surface area contributed by atoms with Crippen LogP contribution in [0.25, 0.3) is 0 Å². The maximum atomic E-state index is 5.50. The van der Waals surface area contributed by atoms with Crippen molar-refractivity contribution in [1.29, 1.82) is 0 Å². The van der Waals surface area contributed by atoms with Crippen molar-refractivity contribution in [3.05, 3.63) is 0 Å². The van der Waals surface area contributed by atoms with Gasteiger partial charge in [0, 0.05) is 26.0 Å². The number of aliphatic imine (C=N–C) groups is 1. The summed E-state index contributed by atoms with van der Waals surface area (Å²) in [4.78, 5) is 4.58. The lowest BCUT2D eigenvalue weighted by molar-refractivity contribution is 0.0241. The zero-order chi connectivity index (χ0) is 14.0. The molecule has 108 valence electrons. The van der Waals surface area contributed by atoms with Crippen molar-refractivity contribution >= 4 is 17.7 Å². The number of nitrogens with one attached hydrogen (secondary N) is 2. The van der Waals surface area contributed by atoms with Crippen molar-refractivity contribution in [2.45, 2.75) is 33.8 Å². The Kier molecular flexibility index (Phi) is 9.28. The van der Waals surface area contributed by atoms with Crippen LogP contribution in [0.3, 0.4) is 0 Å². The molecule has 1 unspecified atom stereocenters. The summed E-state index contributed by atoms with van der Waals surface area (Å²) in [5, 5.41) is 6.56. The molecule has 0 spiro atoms. The predicted octanol–water partition coefficient (Wildman–Crippen LogP) is 1.97. The van der Waals surface area contributed by atoms with Gasteiger partial charge in [-0.05, 0) is 18.6 Å². The molecule has 0 aromatic heterocycles. The van der Waals surface area contributed by atoms with Crippen LogP contribution in [0, 0.1) is 5.41 Å². The number of nitrogens with zero attached hydrogens (tertiary/aromatic N) is 1. The molecule has 0 saturated heterocycles. The number of hydrogen-bond donors (Lipinski definition) is 2. The third kappa shape index (κ3) is 7.82. The molecule has 0 aliphatic rings. The zero-order valence-electron chi connectivity index (χ0n) is 12.7. The Morgan fingerprint density at radius 2 is 2.00 bits per heavy atom. The van der Waals surface area contributed by atoms with Gasteiger partial charge in [-0.2, -0.15) is 11.8 Å². The number of rotatable bonds is 7. The Labute approximate surface area is 116 Å². The van der Waals surface area contributed by atoms with Gasteiger partial charge < -0.3 is 15.4 Å². The first-order valence-corrected chi connectivity index (χ1v) is 7.89. The SMILES string of the molecule is CCNC(=NCC(OC)C(C)(C)C)NCCSC. The summed E-state index contributed by atoms with van der Waals surface area (Å²) >= 11 is 1.82. The van der Waals surface area contributed by atoms with Crippen molar-refractivity contribution < 1.29 is 4.74 Å². The lowest BCUT2D eigenvalue weighted by Crippen LogP contribution is -2.40. The highest BCUT2D eigenvalue weighted by Gasteiger charge is 2.23. The standard InChI is InChI=1S/C13H29N3OS/c1-7-14-12(15-8-9-18-6)16-10-11(17-5)13(2,3)4/h11H,7-10H2,1-6H3,(H2,14,15,16). The Hall–Kier alpha value is -0.420. The van der Waals surface area contributed by atoms with Crippen LogP contribution in [-0.4, -0.2) is 50.8 Å². The first-order valence-electron chi connectivity index (χ1n) is 6.49. The number of methoxy groups -OCH3 is 1. The number of guanidine groups is 1. The maximum absolute atomic E-state index is 5.50. The third-order valence-corrected chi connectivity index (χ3v) is 3.22. The van der Waals surface area contributed by atoms with Gasteiger partial charge in [0.25, 0.3) is 0 Å². The van der Waals surface area contributed by atoms with E-state index in [1.807, 2.05) is 11.8 Å². The minimum atomic E-state index is 0.106. The van der Waals surface area contributed by atoms with Gasteiger partial charge in [0.05, 0.1) is 12.6 Å². The van der Waals surface area contributed by atoms with Crippen LogP contribution in [0.1, 0.15) is 27.7 Å². The van der Waals surface area contributed by atoms with Crippen molar-refractivity contribution in [2.75, 3.05) is 38.8 Å². The molecule has 0 aromatic carbocycles. The molecule has 0 bridgehead atoms. The summed E-state index contributed by atoms with van der Waals surface area (Å²) in [5.74, 6) is 1.95. The summed E-state index contributed by atoms with van der Waals surface area (Å²) in [6.45, 7) is 11.1. The van der Waals surface area contributed by atoms with Crippen molar-refractivity contribution in [1.82, 2.24) is 10.6 Å². The van der Waals surface area contributed by atoms with E-state index in [0.29, 0.717) is 6.54 Å². The molecule has 1 atom stereocenters. The minimum absolute atomic E-state index is 0.106. The van der Waals surface area contributed by atoms with Crippen molar-refractivity contribution in [3.63, 3.8) is 0 Å². The van der Waals surface area contributed by atoms with Gasteiger partial charge in [-0.1, -0.05) is 20.8 Å². The van der Waals surface area contributed by atoms with E-state index in [4.69, 9.17) is 4.74 Å². The molecule has 2 N–H and O–H groups in total. The highest BCUT2D eigenvalue weighted by Crippen LogP contribution is 2.21. The van der Waals surface area contributed by atoms with Gasteiger partial charge in [-0.15, -0.1) is 0 Å². The van der Waals surface area contributed by atoms with E-state index in [0.717, 1.165) is 24.8 Å². The van der Waals surface area contributed by atoms with Gasteiger partial charge >= 0.3 is 0 Å². The largest absolute Gasteiger partial charge is 0.379 e. The number of hydrogen-bond acceptors (Lipinski definition) is 3. The summed E-state index contributed by atoms with van der Waals surface area (Å²) < 4.78 is 5.50. The van der Waals surface area contributed by atoms with Crippen LogP contribution in [-0.2, 0) is 4.74 Å². The van der Waals surface area contributed by atoms with E-state index in [-0.39, 0.29) is 11.5 Å². The van der Waals surface area contributed by atoms with Crippen molar-refractivity contribution in [2.24, 2.45) is 10.4 Å². The van der Waals surface area contributed by atoms with E-state index in [1.165, 1.54) is 0 Å². The van der Waals surface area contributed by atoms with Gasteiger partial charge in [0.1, 0.15) is 0 Å². The van der Waals surface area contributed by atoms with Crippen LogP contribution in [0.2, 0.25) is 0 Å². The molecule has 5 heteroatoms. The first kappa shape index (κ1) is 17.6. The molecule has 0 saturated carbocycles. The molecule has 0 aliphatic heterocycles. The monoisotopic (exact) mass is 275 g/mol. The Morgan fingerprint density at radius 3 is 2.44 bits per heavy atom. The minimum Gasteiger partial charge on any atom is -0.379 e. The Morgan fingerprint density at radius 1 is 1.33 bits per heavy atom. The van der Waals surface area contributed by atoms with Crippen LogP contribution >= 0.6 is 11.8 Å². The van der Waals surface area contributed by atoms with Crippen molar-refractivity contribution in [3.8, 4) is 0 Å². The Balaban J connectivity index is 4.35. The maximum Gasteiger partial charge on any atom is 0.191 e. The normalized spacial score (nSPS) is 14.4. The fraction of sp³-hybridized carbons (Fsp3) is 0.923. The van der Waals surface area contributed by atoms with Gasteiger partial charge in [-0.3, -0.25) is 4.99 Å². The first-order chi connectivity index (χ1) is 8.45. The zero-order valence-corrected chi connectivity index (χ0v) is 13.5. The molecule has 4 nitrogen and oxygen atoms in total. The molecule has 0 fully saturated rings. The summed E-state index contributed by atoms with van der Waals surface area (Å²) in [6, 6.07) is 0. The van der Waals surface area contributed by atoms with Crippen LogP contribution in [0.4, 0.5) is 0 Å². The van der Waals surface area contributed by atoms with E-state index >= 15 is 0 Å². The molecule has 0 aliphatic carbocycles. The van der Waals surface area contributed by atoms with Gasteiger partial charge in [0.2, 0.25) is 0 Å². The molecule has 0 radical (unpaired) electrons. The van der Waals surface area contributed by atoms with Crippen LogP contribution in [0.15, 0.2) is 4.99 Å². The second-order valence-corrected chi connectivity index (χ2v) is 6.22. The Bertz CT molecular complexity index is 239. The number of ether oxygens (including phenoxy) is 1. The van der Waals surface area contributed by atoms with Crippen LogP contribution in [0.5, 0.6) is 0 Å². The molecular formula is C13H29N3OS. The fourth-order valence-electron chi connectivity index (χ4n) is 1.49. The molecular weight excluding hydrogens is 246 g/mol. The van der Waals surface area contributed by atoms with E-state index in [1.54, 1.807) is 7.11 Å². The predicted molar refractivity (Wildman–Crippen MR) is 82.6 cm³/mol. The summed E-state index contributed by atoms with van der Waals surface area (Å²) in [7, 11) is 1.75. The summed E-state index contributed by atoms with van der Waals surface area (Å²) in [5.41, 5.74) is 0.106. The molecule has 0 amide bonds. The van der Waals surface area contributed by atoms with Crippen LogP contribution < -0.4 is 10.6 Å². The third-order valence-electron chi connectivity index (χ3n) is 2.61. The lowest BCUT2D eigenvalue weighted by atomic mass is 9.89. The van der Waals surface area contributed by atoms with E-state index < -0.39 is 0 Å². The number of thioether (sulfide) groups is 1.